The van der Waals surface area contributed by atoms with E-state index in [1.807, 2.05) is 0 Å². The van der Waals surface area contributed by atoms with Gasteiger partial charge in [0.2, 0.25) is 0 Å². The molecule has 26 heavy (non-hydrogen) atoms. The maximum absolute atomic E-state index is 12.5. The third-order valence-corrected chi connectivity index (χ3v) is 3.81. The van der Waals surface area contributed by atoms with Gasteiger partial charge >= 0.3 is 12.4 Å². The van der Waals surface area contributed by atoms with Crippen LogP contribution in [-0.4, -0.2) is 46.6 Å². The zero-order chi connectivity index (χ0) is 18.9. The minimum Gasteiger partial charge on any atom is -0.352 e. The van der Waals surface area contributed by atoms with Crippen LogP contribution in [0.2, 0.25) is 0 Å². The molecule has 1 aliphatic heterocycles. The van der Waals surface area contributed by atoms with Gasteiger partial charge in [-0.3, -0.25) is 0 Å². The van der Waals surface area contributed by atoms with Crippen LogP contribution in [0.25, 0.3) is 0 Å². The van der Waals surface area contributed by atoms with Crippen LogP contribution in [0.1, 0.15) is 11.4 Å². The van der Waals surface area contributed by atoms with Gasteiger partial charge in [-0.1, -0.05) is 0 Å². The molecule has 2 aromatic heterocycles. The van der Waals surface area contributed by atoms with E-state index in [-0.39, 0.29) is 0 Å². The zero-order valence-corrected chi connectivity index (χ0v) is 13.1. The van der Waals surface area contributed by atoms with Crippen LogP contribution in [0, 0.1) is 0 Å². The lowest BCUT2D eigenvalue weighted by Gasteiger charge is -2.35. The second-order valence-electron chi connectivity index (χ2n) is 5.52. The van der Waals surface area contributed by atoms with E-state index >= 15 is 0 Å². The van der Waals surface area contributed by atoms with E-state index in [4.69, 9.17) is 0 Å². The molecule has 0 bridgehead atoms. The van der Waals surface area contributed by atoms with E-state index in [2.05, 4.69) is 20.4 Å². The van der Waals surface area contributed by atoms with E-state index in [1.54, 1.807) is 9.80 Å². The topological polar surface area (TPSA) is 58.0 Å². The predicted molar refractivity (Wildman–Crippen MR) is 78.5 cm³/mol. The fraction of sp³-hybridized carbons (Fsp3) is 0.429. The lowest BCUT2D eigenvalue weighted by atomic mass is 10.3. The quantitative estimate of drug-likeness (QED) is 0.749. The van der Waals surface area contributed by atoms with Crippen molar-refractivity contribution in [1.82, 2.24) is 20.4 Å². The maximum atomic E-state index is 12.5. The largest absolute Gasteiger partial charge is 0.435 e. The van der Waals surface area contributed by atoms with Gasteiger partial charge in [-0.15, -0.1) is 20.4 Å². The number of hydrogen-bond acceptors (Lipinski definition) is 6. The standard InChI is InChI=1S/C14H12F6N6/c15-13(16,17)9-1-3-11(23-21-9)25-5-7-26(8-6-25)12-4-2-10(22-24-12)14(18,19)20/h1-4H,5-8H2. The van der Waals surface area contributed by atoms with Gasteiger partial charge in [-0.25, -0.2) is 0 Å². The molecule has 140 valence electrons. The number of aromatic nitrogens is 4. The second kappa shape index (κ2) is 6.57. The average molecular weight is 378 g/mol. The molecular formula is C14H12F6N6. The molecule has 3 rings (SSSR count). The molecular weight excluding hydrogens is 366 g/mol. The predicted octanol–water partition coefficient (Wildman–Crippen LogP) is 2.63. The normalized spacial score (nSPS) is 16.1. The first-order valence-electron chi connectivity index (χ1n) is 7.46. The second-order valence-corrected chi connectivity index (χ2v) is 5.52. The van der Waals surface area contributed by atoms with Crippen LogP contribution in [0.3, 0.4) is 0 Å². The summed E-state index contributed by atoms with van der Waals surface area (Å²) in [4.78, 5) is 3.47. The highest BCUT2D eigenvalue weighted by Crippen LogP contribution is 2.29. The number of halogens is 6. The van der Waals surface area contributed by atoms with Gasteiger partial charge in [-0.2, -0.15) is 26.3 Å². The van der Waals surface area contributed by atoms with Gasteiger partial charge in [0.25, 0.3) is 0 Å². The number of alkyl halides is 6. The van der Waals surface area contributed by atoms with E-state index < -0.39 is 23.7 Å². The van der Waals surface area contributed by atoms with E-state index in [0.29, 0.717) is 37.8 Å². The Morgan fingerprint density at radius 3 is 1.15 bits per heavy atom. The first-order valence-corrected chi connectivity index (χ1v) is 7.46. The van der Waals surface area contributed by atoms with Crippen molar-refractivity contribution in [3.63, 3.8) is 0 Å². The molecule has 0 N–H and O–H groups in total. The van der Waals surface area contributed by atoms with Crippen molar-refractivity contribution in [3.8, 4) is 0 Å². The zero-order valence-electron chi connectivity index (χ0n) is 13.1. The van der Waals surface area contributed by atoms with Crippen molar-refractivity contribution in [1.29, 1.82) is 0 Å². The molecule has 0 aliphatic carbocycles. The minimum absolute atomic E-state index is 0.302. The molecule has 1 aliphatic rings. The third kappa shape index (κ3) is 3.94. The molecule has 1 fully saturated rings. The van der Waals surface area contributed by atoms with Crippen LogP contribution < -0.4 is 9.80 Å². The summed E-state index contributed by atoms with van der Waals surface area (Å²) in [6.45, 7) is 1.62. The Bertz CT molecular complexity index is 669. The van der Waals surface area contributed by atoms with Crippen molar-refractivity contribution < 1.29 is 26.3 Å². The van der Waals surface area contributed by atoms with Crippen LogP contribution >= 0.6 is 0 Å². The van der Waals surface area contributed by atoms with Gasteiger partial charge < -0.3 is 9.80 Å². The lowest BCUT2D eigenvalue weighted by molar-refractivity contribution is -0.142. The molecule has 1 saturated heterocycles. The summed E-state index contributed by atoms with van der Waals surface area (Å²) < 4.78 is 75.0. The fourth-order valence-electron chi connectivity index (χ4n) is 2.45. The number of rotatable bonds is 2. The van der Waals surface area contributed by atoms with Crippen molar-refractivity contribution in [2.45, 2.75) is 12.4 Å². The van der Waals surface area contributed by atoms with Gasteiger partial charge in [0.15, 0.2) is 23.0 Å². The molecule has 0 saturated carbocycles. The third-order valence-electron chi connectivity index (χ3n) is 3.81. The van der Waals surface area contributed by atoms with Crippen molar-refractivity contribution in [2.24, 2.45) is 0 Å². The van der Waals surface area contributed by atoms with Gasteiger partial charge in [0.05, 0.1) is 0 Å². The molecule has 12 heteroatoms. The SMILES string of the molecule is FC(F)(F)c1ccc(N2CCN(c3ccc(C(F)(F)F)nn3)CC2)nn1. The van der Waals surface area contributed by atoms with E-state index in [1.165, 1.54) is 12.1 Å². The summed E-state index contributed by atoms with van der Waals surface area (Å²) in [6, 6.07) is 4.19. The van der Waals surface area contributed by atoms with Crippen molar-refractivity contribution in [2.75, 3.05) is 36.0 Å². The first kappa shape index (κ1) is 18.1. The number of nitrogens with zero attached hydrogens (tertiary/aromatic N) is 6. The molecule has 0 aromatic carbocycles. The Morgan fingerprint density at radius 1 is 0.577 bits per heavy atom. The molecule has 3 heterocycles. The Hall–Kier alpha value is -2.66. The molecule has 0 radical (unpaired) electrons. The summed E-state index contributed by atoms with van der Waals surface area (Å²) in [5.41, 5.74) is -2.14. The van der Waals surface area contributed by atoms with E-state index in [9.17, 15) is 26.3 Å². The summed E-state index contributed by atoms with van der Waals surface area (Å²) >= 11 is 0. The Balaban J connectivity index is 1.62. The highest BCUT2D eigenvalue weighted by atomic mass is 19.4. The smallest absolute Gasteiger partial charge is 0.352 e. The van der Waals surface area contributed by atoms with Gasteiger partial charge in [0, 0.05) is 26.2 Å². The van der Waals surface area contributed by atoms with Gasteiger partial charge in [-0.05, 0) is 24.3 Å². The Morgan fingerprint density at radius 2 is 0.923 bits per heavy atom. The van der Waals surface area contributed by atoms with E-state index in [0.717, 1.165) is 12.1 Å². The number of hydrogen-bond donors (Lipinski definition) is 0. The van der Waals surface area contributed by atoms with Crippen LogP contribution in [0.15, 0.2) is 24.3 Å². The summed E-state index contributed by atoms with van der Waals surface area (Å²) in [7, 11) is 0. The number of anilines is 2. The lowest BCUT2D eigenvalue weighted by Crippen LogP contribution is -2.47. The highest BCUT2D eigenvalue weighted by Gasteiger charge is 2.34. The molecule has 0 spiro atoms. The Kier molecular flexibility index (Phi) is 4.59. The minimum atomic E-state index is -4.55. The molecule has 0 amide bonds. The summed E-state index contributed by atoms with van der Waals surface area (Å²) in [5.74, 6) is 0.604. The molecule has 0 atom stereocenters. The maximum Gasteiger partial charge on any atom is 0.435 e. The average Bonchev–Trinajstić information content (AvgIpc) is 2.61. The van der Waals surface area contributed by atoms with Crippen LogP contribution in [0.4, 0.5) is 38.0 Å². The fourth-order valence-corrected chi connectivity index (χ4v) is 2.45. The van der Waals surface area contributed by atoms with Crippen molar-refractivity contribution >= 4 is 11.6 Å². The monoisotopic (exact) mass is 378 g/mol. The molecule has 6 nitrogen and oxygen atoms in total. The van der Waals surface area contributed by atoms with Crippen LogP contribution in [0.5, 0.6) is 0 Å². The molecule has 0 unspecified atom stereocenters. The molecule has 2 aromatic rings. The Labute approximate surface area is 143 Å². The number of piperazine rings is 1. The highest BCUT2D eigenvalue weighted by molar-refractivity contribution is 5.44. The first-order chi connectivity index (χ1) is 12.1. The summed E-state index contributed by atoms with van der Waals surface area (Å²) in [5, 5.41) is 13.5. The van der Waals surface area contributed by atoms with Gasteiger partial charge in [0.1, 0.15) is 0 Å². The van der Waals surface area contributed by atoms with Crippen molar-refractivity contribution in [3.05, 3.63) is 35.7 Å². The summed E-state index contributed by atoms with van der Waals surface area (Å²) in [6.07, 6.45) is -9.10. The van der Waals surface area contributed by atoms with Crippen LogP contribution in [-0.2, 0) is 12.4 Å².